The fraction of sp³-hybridized carbons (Fsp3) is 0.364. The second-order valence-electron chi connectivity index (χ2n) is 7.44. The van der Waals surface area contributed by atoms with Crippen LogP contribution in [0.3, 0.4) is 0 Å². The Kier molecular flexibility index (Phi) is 5.67. The van der Waals surface area contributed by atoms with Gasteiger partial charge in [0.15, 0.2) is 11.5 Å². The zero-order valence-electron chi connectivity index (χ0n) is 16.5. The molecule has 0 spiro atoms. The molecule has 7 nitrogen and oxygen atoms in total. The van der Waals surface area contributed by atoms with Crippen LogP contribution < -0.4 is 14.8 Å². The van der Waals surface area contributed by atoms with Crippen LogP contribution in [-0.4, -0.2) is 54.6 Å². The van der Waals surface area contributed by atoms with Gasteiger partial charge in [0.05, 0.1) is 0 Å². The maximum Gasteiger partial charge on any atom is 0.233 e. The van der Waals surface area contributed by atoms with Crippen LogP contribution in [0, 0.1) is 6.92 Å². The Morgan fingerprint density at radius 1 is 0.966 bits per heavy atom. The van der Waals surface area contributed by atoms with E-state index in [0.717, 1.165) is 42.3 Å². The second-order valence-corrected chi connectivity index (χ2v) is 7.44. The summed E-state index contributed by atoms with van der Waals surface area (Å²) in [6.07, 6.45) is -0.129. The van der Waals surface area contributed by atoms with Gasteiger partial charge in [0.1, 0.15) is 6.42 Å². The van der Waals surface area contributed by atoms with Crippen LogP contribution in [0.4, 0.5) is 5.69 Å². The lowest BCUT2D eigenvalue weighted by Crippen LogP contribution is -2.48. The Bertz CT molecular complexity index is 889. The van der Waals surface area contributed by atoms with Gasteiger partial charge in [-0.3, -0.25) is 14.5 Å². The van der Waals surface area contributed by atoms with Crippen molar-refractivity contribution in [3.63, 3.8) is 0 Å². The van der Waals surface area contributed by atoms with Crippen LogP contribution >= 0.6 is 0 Å². The summed E-state index contributed by atoms with van der Waals surface area (Å²) in [5, 5.41) is 2.78. The molecule has 0 atom stereocenters. The highest BCUT2D eigenvalue weighted by Gasteiger charge is 2.23. The van der Waals surface area contributed by atoms with Gasteiger partial charge in [-0.2, -0.15) is 0 Å². The lowest BCUT2D eigenvalue weighted by Gasteiger charge is -2.34. The third-order valence-electron chi connectivity index (χ3n) is 5.22. The minimum Gasteiger partial charge on any atom is -0.454 e. The van der Waals surface area contributed by atoms with Crippen molar-refractivity contribution in [1.82, 2.24) is 9.80 Å². The van der Waals surface area contributed by atoms with E-state index < -0.39 is 0 Å². The smallest absolute Gasteiger partial charge is 0.233 e. The fourth-order valence-electron chi connectivity index (χ4n) is 3.54. The summed E-state index contributed by atoms with van der Waals surface area (Å²) >= 11 is 0. The van der Waals surface area contributed by atoms with Gasteiger partial charge in [0.2, 0.25) is 18.6 Å². The van der Waals surface area contributed by atoms with Crippen molar-refractivity contribution in [3.8, 4) is 11.5 Å². The lowest BCUT2D eigenvalue weighted by atomic mass is 10.1. The number of nitrogens with zero attached hydrogens (tertiary/aromatic N) is 2. The van der Waals surface area contributed by atoms with E-state index in [9.17, 15) is 9.59 Å². The molecule has 2 heterocycles. The molecule has 0 aliphatic carbocycles. The van der Waals surface area contributed by atoms with Crippen LogP contribution in [0.15, 0.2) is 42.5 Å². The number of aryl methyl sites for hydroxylation is 1. The molecule has 0 saturated carbocycles. The number of carbonyl (C=O) groups is 2. The molecule has 1 fully saturated rings. The van der Waals surface area contributed by atoms with Gasteiger partial charge in [-0.25, -0.2) is 0 Å². The third kappa shape index (κ3) is 4.86. The molecule has 4 rings (SSSR count). The van der Waals surface area contributed by atoms with Crippen LogP contribution in [-0.2, 0) is 16.1 Å². The number of fused-ring (bicyclic) bond motifs is 1. The second kappa shape index (κ2) is 8.53. The number of benzene rings is 2. The van der Waals surface area contributed by atoms with Gasteiger partial charge in [-0.15, -0.1) is 0 Å². The van der Waals surface area contributed by atoms with Crippen molar-refractivity contribution >= 4 is 17.5 Å². The van der Waals surface area contributed by atoms with E-state index in [4.69, 9.17) is 9.47 Å². The van der Waals surface area contributed by atoms with Gasteiger partial charge in [-0.05, 0) is 36.8 Å². The lowest BCUT2D eigenvalue weighted by molar-refractivity contribution is -0.136. The molecule has 2 aromatic rings. The number of nitrogens with one attached hydrogen (secondary N) is 1. The van der Waals surface area contributed by atoms with Gasteiger partial charge >= 0.3 is 0 Å². The first-order valence-corrected chi connectivity index (χ1v) is 9.82. The normalized spacial score (nSPS) is 16.0. The summed E-state index contributed by atoms with van der Waals surface area (Å²) in [6.45, 7) is 5.87. The molecular weight excluding hydrogens is 370 g/mol. The topological polar surface area (TPSA) is 71.1 Å². The van der Waals surface area contributed by atoms with Gasteiger partial charge < -0.3 is 19.7 Å². The summed E-state index contributed by atoms with van der Waals surface area (Å²) in [6, 6.07) is 13.5. The van der Waals surface area contributed by atoms with E-state index in [1.54, 1.807) is 4.90 Å². The quantitative estimate of drug-likeness (QED) is 0.788. The number of amides is 2. The highest BCUT2D eigenvalue weighted by Crippen LogP contribution is 2.32. The highest BCUT2D eigenvalue weighted by atomic mass is 16.7. The predicted molar refractivity (Wildman–Crippen MR) is 109 cm³/mol. The van der Waals surface area contributed by atoms with E-state index in [1.165, 1.54) is 0 Å². The number of ether oxygens (including phenoxy) is 2. The van der Waals surface area contributed by atoms with E-state index in [-0.39, 0.29) is 25.0 Å². The zero-order valence-corrected chi connectivity index (χ0v) is 16.5. The monoisotopic (exact) mass is 395 g/mol. The van der Waals surface area contributed by atoms with Gasteiger partial charge in [0, 0.05) is 38.4 Å². The van der Waals surface area contributed by atoms with Crippen molar-refractivity contribution in [2.24, 2.45) is 0 Å². The van der Waals surface area contributed by atoms with Crippen LogP contribution in [0.25, 0.3) is 0 Å². The molecule has 2 aliphatic heterocycles. The molecule has 152 valence electrons. The van der Waals surface area contributed by atoms with E-state index in [0.29, 0.717) is 18.8 Å². The maximum atomic E-state index is 12.5. The summed E-state index contributed by atoms with van der Waals surface area (Å²) in [4.78, 5) is 28.7. The third-order valence-corrected chi connectivity index (χ3v) is 5.22. The van der Waals surface area contributed by atoms with Crippen LogP contribution in [0.5, 0.6) is 11.5 Å². The van der Waals surface area contributed by atoms with Crippen LogP contribution in [0.2, 0.25) is 0 Å². The molecule has 0 unspecified atom stereocenters. The SMILES string of the molecule is Cc1ccc(NC(=O)CC(=O)N2CCN(Cc3ccc4c(c3)OCO4)CC2)cc1. The molecule has 1 saturated heterocycles. The first kappa shape index (κ1) is 19.3. The summed E-state index contributed by atoms with van der Waals surface area (Å²) < 4.78 is 10.8. The minimum absolute atomic E-state index is 0.127. The molecule has 0 radical (unpaired) electrons. The van der Waals surface area contributed by atoms with Crippen molar-refractivity contribution < 1.29 is 19.1 Å². The first-order chi connectivity index (χ1) is 14.1. The Labute approximate surface area is 170 Å². The van der Waals surface area contributed by atoms with E-state index >= 15 is 0 Å². The maximum absolute atomic E-state index is 12.5. The molecule has 29 heavy (non-hydrogen) atoms. The number of hydrogen-bond donors (Lipinski definition) is 1. The zero-order chi connectivity index (χ0) is 20.2. The number of carbonyl (C=O) groups excluding carboxylic acids is 2. The van der Waals surface area contributed by atoms with Crippen molar-refractivity contribution in [2.75, 3.05) is 38.3 Å². The number of anilines is 1. The van der Waals surface area contributed by atoms with Gasteiger partial charge in [-0.1, -0.05) is 23.8 Å². The predicted octanol–water partition coefficient (Wildman–Crippen LogP) is 2.40. The minimum atomic E-state index is -0.276. The Balaban J connectivity index is 1.23. The van der Waals surface area contributed by atoms with Crippen molar-refractivity contribution in [1.29, 1.82) is 0 Å². The summed E-state index contributed by atoms with van der Waals surface area (Å²) in [5.74, 6) is 1.17. The average Bonchev–Trinajstić information content (AvgIpc) is 3.18. The highest BCUT2D eigenvalue weighted by molar-refractivity contribution is 6.03. The molecule has 0 aromatic heterocycles. The molecule has 2 aliphatic rings. The Morgan fingerprint density at radius 3 is 2.45 bits per heavy atom. The van der Waals surface area contributed by atoms with E-state index in [2.05, 4.69) is 10.2 Å². The summed E-state index contributed by atoms with van der Waals surface area (Å²) in [7, 11) is 0. The molecule has 7 heteroatoms. The van der Waals surface area contributed by atoms with E-state index in [1.807, 2.05) is 49.4 Å². The summed E-state index contributed by atoms with van der Waals surface area (Å²) in [5.41, 5.74) is 2.99. The molecule has 1 N–H and O–H groups in total. The average molecular weight is 395 g/mol. The Morgan fingerprint density at radius 2 is 1.69 bits per heavy atom. The molecule has 2 aromatic carbocycles. The molecule has 2 amide bonds. The standard InChI is InChI=1S/C22H25N3O4/c1-16-2-5-18(6-3-16)23-21(26)13-22(27)25-10-8-24(9-11-25)14-17-4-7-19-20(12-17)29-15-28-19/h2-7,12H,8-11,13-15H2,1H3,(H,23,26). The van der Waals surface area contributed by atoms with Crippen molar-refractivity contribution in [2.45, 2.75) is 19.9 Å². The fourth-order valence-corrected chi connectivity index (χ4v) is 3.54. The number of rotatable bonds is 5. The first-order valence-electron chi connectivity index (χ1n) is 9.82. The molecular formula is C22H25N3O4. The Hall–Kier alpha value is -3.06. The largest absolute Gasteiger partial charge is 0.454 e. The van der Waals surface area contributed by atoms with Gasteiger partial charge in [0.25, 0.3) is 0 Å². The number of hydrogen-bond acceptors (Lipinski definition) is 5. The van der Waals surface area contributed by atoms with Crippen LogP contribution in [0.1, 0.15) is 17.5 Å². The van der Waals surface area contributed by atoms with Crippen molar-refractivity contribution in [3.05, 3.63) is 53.6 Å². The molecule has 0 bridgehead atoms. The number of piperazine rings is 1.